The Bertz CT molecular complexity index is 1030. The molecule has 2 aromatic heterocycles. The van der Waals surface area contributed by atoms with Gasteiger partial charge in [0.05, 0.1) is 6.20 Å². The van der Waals surface area contributed by atoms with E-state index in [9.17, 15) is 14.0 Å². The van der Waals surface area contributed by atoms with Crippen molar-refractivity contribution in [2.45, 2.75) is 25.8 Å². The van der Waals surface area contributed by atoms with Crippen LogP contribution in [0.3, 0.4) is 0 Å². The first-order chi connectivity index (χ1) is 14.0. The molecule has 1 fully saturated rings. The lowest BCUT2D eigenvalue weighted by Crippen LogP contribution is -2.42. The van der Waals surface area contributed by atoms with E-state index in [-0.39, 0.29) is 23.5 Å². The van der Waals surface area contributed by atoms with Crippen LogP contribution in [0.5, 0.6) is 0 Å². The summed E-state index contributed by atoms with van der Waals surface area (Å²) in [6.07, 6.45) is 6.40. The molecule has 3 heterocycles. The Kier molecular flexibility index (Phi) is 5.16. The molecule has 1 saturated heterocycles. The van der Waals surface area contributed by atoms with Crippen molar-refractivity contribution in [1.82, 2.24) is 24.6 Å². The van der Waals surface area contributed by atoms with Crippen molar-refractivity contribution in [3.05, 3.63) is 66.4 Å². The molecule has 0 unspecified atom stereocenters. The Labute approximate surface area is 167 Å². The summed E-state index contributed by atoms with van der Waals surface area (Å²) in [4.78, 5) is 26.6. The van der Waals surface area contributed by atoms with Gasteiger partial charge in [0.25, 0.3) is 5.91 Å². The van der Waals surface area contributed by atoms with Crippen molar-refractivity contribution in [3.63, 3.8) is 0 Å². The molecule has 4 rings (SSSR count). The molecule has 7 nitrogen and oxygen atoms in total. The van der Waals surface area contributed by atoms with Crippen LogP contribution in [-0.4, -0.2) is 50.2 Å². The first-order valence-corrected chi connectivity index (χ1v) is 9.59. The standard InChI is InChI=1S/C21H22FN5O2/c1-15(14-26-12-6-9-19(26)28)24-20(29)16-13-23-27(18-8-3-2-7-17(18)22)21(16)25-10-4-5-11-25/h2-5,7-8,10-11,13,15H,6,9,12,14H2,1H3,(H,24,29)/t15-/m1/s1. The van der Waals surface area contributed by atoms with E-state index in [4.69, 9.17) is 0 Å². The number of likely N-dealkylation sites (tertiary alicyclic amines) is 1. The van der Waals surface area contributed by atoms with Crippen molar-refractivity contribution in [2.24, 2.45) is 0 Å². The third-order valence-corrected chi connectivity index (χ3v) is 4.96. The molecule has 150 valence electrons. The highest BCUT2D eigenvalue weighted by atomic mass is 19.1. The van der Waals surface area contributed by atoms with Crippen molar-refractivity contribution in [1.29, 1.82) is 0 Å². The molecule has 0 bridgehead atoms. The van der Waals surface area contributed by atoms with Crippen molar-refractivity contribution in [2.75, 3.05) is 13.1 Å². The molecule has 1 atom stereocenters. The zero-order valence-electron chi connectivity index (χ0n) is 16.1. The van der Waals surface area contributed by atoms with Crippen LogP contribution in [0.15, 0.2) is 55.0 Å². The van der Waals surface area contributed by atoms with Crippen LogP contribution in [0.2, 0.25) is 0 Å². The number of halogens is 1. The summed E-state index contributed by atoms with van der Waals surface area (Å²) in [5, 5.41) is 7.21. The van der Waals surface area contributed by atoms with Crippen LogP contribution >= 0.6 is 0 Å². The summed E-state index contributed by atoms with van der Waals surface area (Å²) in [5.74, 6) is -0.194. The fourth-order valence-electron chi connectivity index (χ4n) is 3.60. The lowest BCUT2D eigenvalue weighted by atomic mass is 10.2. The minimum absolute atomic E-state index is 0.117. The Morgan fingerprint density at radius 2 is 2.00 bits per heavy atom. The number of hydrogen-bond donors (Lipinski definition) is 1. The van der Waals surface area contributed by atoms with Crippen LogP contribution in [-0.2, 0) is 4.79 Å². The molecule has 0 radical (unpaired) electrons. The molecule has 3 aromatic rings. The van der Waals surface area contributed by atoms with Crippen LogP contribution in [0, 0.1) is 5.82 Å². The van der Waals surface area contributed by atoms with Crippen LogP contribution in [0.25, 0.3) is 11.5 Å². The molecule has 1 N–H and O–H groups in total. The van der Waals surface area contributed by atoms with Crippen molar-refractivity contribution >= 4 is 11.8 Å². The number of nitrogens with zero attached hydrogens (tertiary/aromatic N) is 4. The number of amides is 2. The number of carbonyl (C=O) groups excluding carboxylic acids is 2. The quantitative estimate of drug-likeness (QED) is 0.697. The van der Waals surface area contributed by atoms with E-state index < -0.39 is 5.82 Å². The lowest BCUT2D eigenvalue weighted by Gasteiger charge is -2.21. The van der Waals surface area contributed by atoms with Crippen LogP contribution in [0.1, 0.15) is 30.1 Å². The van der Waals surface area contributed by atoms with Gasteiger partial charge in [0.15, 0.2) is 5.82 Å². The van der Waals surface area contributed by atoms with Gasteiger partial charge in [-0.15, -0.1) is 0 Å². The number of benzene rings is 1. The number of rotatable bonds is 6. The molecule has 0 saturated carbocycles. The third-order valence-electron chi connectivity index (χ3n) is 4.96. The summed E-state index contributed by atoms with van der Waals surface area (Å²) >= 11 is 0. The Morgan fingerprint density at radius 1 is 1.24 bits per heavy atom. The van der Waals surface area contributed by atoms with Gasteiger partial charge < -0.3 is 14.8 Å². The first-order valence-electron chi connectivity index (χ1n) is 9.59. The Morgan fingerprint density at radius 3 is 2.69 bits per heavy atom. The minimum atomic E-state index is -0.433. The second kappa shape index (κ2) is 7.90. The normalized spacial score (nSPS) is 15.0. The van der Waals surface area contributed by atoms with E-state index in [1.54, 1.807) is 40.1 Å². The number of nitrogens with one attached hydrogen (secondary N) is 1. The van der Waals surface area contributed by atoms with E-state index in [1.807, 2.05) is 19.1 Å². The van der Waals surface area contributed by atoms with Gasteiger partial charge >= 0.3 is 0 Å². The largest absolute Gasteiger partial charge is 0.348 e. The second-order valence-corrected chi connectivity index (χ2v) is 7.15. The molecule has 8 heteroatoms. The molecule has 0 spiro atoms. The topological polar surface area (TPSA) is 72.2 Å². The van der Waals surface area contributed by atoms with Gasteiger partial charge in [-0.3, -0.25) is 9.59 Å². The summed E-state index contributed by atoms with van der Waals surface area (Å²) in [6, 6.07) is 9.70. The first kappa shape index (κ1) is 18.9. The zero-order valence-corrected chi connectivity index (χ0v) is 16.1. The molecule has 0 aliphatic carbocycles. The highest BCUT2D eigenvalue weighted by molar-refractivity contribution is 5.97. The van der Waals surface area contributed by atoms with Gasteiger partial charge in [0.2, 0.25) is 5.91 Å². The molecule has 1 aliphatic heterocycles. The average molecular weight is 395 g/mol. The fourth-order valence-corrected chi connectivity index (χ4v) is 3.60. The molecule has 1 aliphatic rings. The van der Waals surface area contributed by atoms with Crippen molar-refractivity contribution < 1.29 is 14.0 Å². The Hall–Kier alpha value is -3.42. The smallest absolute Gasteiger partial charge is 0.256 e. The van der Waals surface area contributed by atoms with E-state index in [0.717, 1.165) is 13.0 Å². The van der Waals surface area contributed by atoms with Gasteiger partial charge in [-0.05, 0) is 37.6 Å². The minimum Gasteiger partial charge on any atom is -0.348 e. The van der Waals surface area contributed by atoms with Gasteiger partial charge in [0, 0.05) is 37.9 Å². The van der Waals surface area contributed by atoms with Crippen LogP contribution < -0.4 is 5.32 Å². The van der Waals surface area contributed by atoms with E-state index in [2.05, 4.69) is 10.4 Å². The number of hydrogen-bond acceptors (Lipinski definition) is 3. The maximum absolute atomic E-state index is 14.4. The second-order valence-electron chi connectivity index (χ2n) is 7.15. The van der Waals surface area contributed by atoms with Crippen molar-refractivity contribution in [3.8, 4) is 11.5 Å². The molecule has 1 aromatic carbocycles. The summed E-state index contributed by atoms with van der Waals surface area (Å²) in [7, 11) is 0. The average Bonchev–Trinajstić information content (AvgIpc) is 3.43. The predicted octanol–water partition coefficient (Wildman–Crippen LogP) is 2.54. The number of para-hydroxylation sites is 1. The molecular formula is C21H22FN5O2. The SMILES string of the molecule is C[C@H](CN1CCCC1=O)NC(=O)c1cnn(-c2ccccc2F)c1-n1cccc1. The summed E-state index contributed by atoms with van der Waals surface area (Å²) in [6.45, 7) is 3.05. The van der Waals surface area contributed by atoms with E-state index >= 15 is 0 Å². The predicted molar refractivity (Wildman–Crippen MR) is 106 cm³/mol. The highest BCUT2D eigenvalue weighted by Gasteiger charge is 2.25. The maximum atomic E-state index is 14.4. The molecular weight excluding hydrogens is 373 g/mol. The summed E-state index contributed by atoms with van der Waals surface area (Å²) in [5.41, 5.74) is 0.579. The zero-order chi connectivity index (χ0) is 20.4. The third kappa shape index (κ3) is 3.78. The van der Waals surface area contributed by atoms with Gasteiger partial charge in [-0.1, -0.05) is 12.1 Å². The summed E-state index contributed by atoms with van der Waals surface area (Å²) < 4.78 is 17.5. The maximum Gasteiger partial charge on any atom is 0.256 e. The Balaban J connectivity index is 1.62. The van der Waals surface area contributed by atoms with Gasteiger partial charge in [-0.25, -0.2) is 9.07 Å². The van der Waals surface area contributed by atoms with Gasteiger partial charge in [-0.2, -0.15) is 5.10 Å². The van der Waals surface area contributed by atoms with Gasteiger partial charge in [0.1, 0.15) is 17.1 Å². The van der Waals surface area contributed by atoms with E-state index in [0.29, 0.717) is 24.3 Å². The lowest BCUT2D eigenvalue weighted by molar-refractivity contribution is -0.127. The number of aromatic nitrogens is 3. The monoisotopic (exact) mass is 395 g/mol. The van der Waals surface area contributed by atoms with E-state index in [1.165, 1.54) is 16.9 Å². The highest BCUT2D eigenvalue weighted by Crippen LogP contribution is 2.22. The molecule has 2 amide bonds. The fraction of sp³-hybridized carbons (Fsp3) is 0.286. The van der Waals surface area contributed by atoms with Crippen LogP contribution in [0.4, 0.5) is 4.39 Å². The molecule has 29 heavy (non-hydrogen) atoms. The number of carbonyl (C=O) groups is 2.